The largest absolute Gasteiger partial charge is 0.490 e. The Morgan fingerprint density at radius 3 is 2.38 bits per heavy atom. The molecule has 11 heteroatoms. The van der Waals surface area contributed by atoms with Gasteiger partial charge in [0.1, 0.15) is 11.5 Å². The van der Waals surface area contributed by atoms with E-state index in [1.807, 2.05) is 37.1 Å². The van der Waals surface area contributed by atoms with Crippen molar-refractivity contribution >= 4 is 11.9 Å². The molecule has 0 aliphatic carbocycles. The first-order chi connectivity index (χ1) is 15.0. The van der Waals surface area contributed by atoms with Gasteiger partial charge in [-0.15, -0.1) is 0 Å². The number of aliphatic carboxylic acids is 1. The zero-order chi connectivity index (χ0) is 24.1. The predicted molar refractivity (Wildman–Crippen MR) is 110 cm³/mol. The third-order valence-corrected chi connectivity index (χ3v) is 5.28. The number of rotatable bonds is 5. The Hall–Kier alpha value is -2.82. The molecule has 0 aromatic carbocycles. The fourth-order valence-electron chi connectivity index (χ4n) is 3.66. The molecular formula is C21H29F3N4O4. The van der Waals surface area contributed by atoms with Crippen molar-refractivity contribution in [3.05, 3.63) is 41.1 Å². The lowest BCUT2D eigenvalue weighted by Crippen LogP contribution is -2.39. The maximum Gasteiger partial charge on any atom is 0.490 e. The third-order valence-electron chi connectivity index (χ3n) is 5.28. The highest BCUT2D eigenvalue weighted by atomic mass is 19.4. The summed E-state index contributed by atoms with van der Waals surface area (Å²) in [5.74, 6) is -0.875. The minimum Gasteiger partial charge on any atom is -0.475 e. The number of carboxylic acids is 1. The van der Waals surface area contributed by atoms with E-state index in [4.69, 9.17) is 14.3 Å². The van der Waals surface area contributed by atoms with Gasteiger partial charge in [0.15, 0.2) is 0 Å². The average molecular weight is 458 g/mol. The van der Waals surface area contributed by atoms with Crippen molar-refractivity contribution in [2.75, 3.05) is 26.2 Å². The summed E-state index contributed by atoms with van der Waals surface area (Å²) in [6.07, 6.45) is -3.26. The number of furan rings is 1. The molecule has 1 aliphatic rings. The van der Waals surface area contributed by atoms with E-state index in [0.717, 1.165) is 44.2 Å². The zero-order valence-electron chi connectivity index (χ0n) is 18.6. The number of alkyl halides is 3. The summed E-state index contributed by atoms with van der Waals surface area (Å²) in [4.78, 5) is 26.4. The highest BCUT2D eigenvalue weighted by molar-refractivity contribution is 5.95. The van der Waals surface area contributed by atoms with Gasteiger partial charge in [0, 0.05) is 31.7 Å². The van der Waals surface area contributed by atoms with Gasteiger partial charge in [-0.2, -0.15) is 18.3 Å². The van der Waals surface area contributed by atoms with Gasteiger partial charge in [-0.1, -0.05) is 13.8 Å². The van der Waals surface area contributed by atoms with Crippen molar-refractivity contribution in [1.82, 2.24) is 19.6 Å². The molecular weight excluding hydrogens is 429 g/mol. The van der Waals surface area contributed by atoms with E-state index in [9.17, 15) is 18.0 Å². The number of nitrogens with zero attached hydrogens (tertiary/aromatic N) is 4. The molecule has 1 atom stereocenters. The molecule has 8 nitrogen and oxygen atoms in total. The van der Waals surface area contributed by atoms with Crippen LogP contribution in [0.3, 0.4) is 0 Å². The van der Waals surface area contributed by atoms with Crippen LogP contribution in [0.25, 0.3) is 0 Å². The summed E-state index contributed by atoms with van der Waals surface area (Å²) < 4.78 is 39.4. The lowest BCUT2D eigenvalue weighted by Gasteiger charge is -2.28. The number of carbonyl (C=O) groups excluding carboxylic acids is 1. The van der Waals surface area contributed by atoms with Gasteiger partial charge in [0.2, 0.25) is 0 Å². The van der Waals surface area contributed by atoms with E-state index >= 15 is 0 Å². The minimum absolute atomic E-state index is 0.0496. The van der Waals surface area contributed by atoms with Crippen LogP contribution in [0.15, 0.2) is 22.7 Å². The molecule has 178 valence electrons. The number of fused-ring (bicyclic) bond motifs is 1. The summed E-state index contributed by atoms with van der Waals surface area (Å²) >= 11 is 0. The van der Waals surface area contributed by atoms with Crippen molar-refractivity contribution < 1.29 is 32.3 Å². The molecule has 2 aromatic heterocycles. The standard InChI is InChI=1S/C19H28N4O2.C2HF3O2/c1-5-21(6-2)10-16-11-22(13-17-7-8-20-23(17)12-16)19(24)18-9-14(3)25-15(18)4;3-2(4,5)1(6)7/h7-9,16H,5-6,10-13H2,1-4H3;(H,6,7). The molecule has 0 radical (unpaired) electrons. The number of amides is 1. The third kappa shape index (κ3) is 6.59. The highest BCUT2D eigenvalue weighted by Crippen LogP contribution is 2.22. The van der Waals surface area contributed by atoms with Crippen LogP contribution in [-0.2, 0) is 17.9 Å². The van der Waals surface area contributed by atoms with E-state index in [0.29, 0.717) is 23.8 Å². The fourth-order valence-corrected chi connectivity index (χ4v) is 3.66. The molecule has 0 bridgehead atoms. The van der Waals surface area contributed by atoms with Crippen LogP contribution >= 0.6 is 0 Å². The van der Waals surface area contributed by atoms with Gasteiger partial charge in [0.05, 0.1) is 17.8 Å². The molecule has 1 unspecified atom stereocenters. The van der Waals surface area contributed by atoms with E-state index < -0.39 is 12.1 Å². The Balaban J connectivity index is 0.000000451. The second-order valence-electron chi connectivity index (χ2n) is 7.67. The molecule has 1 amide bonds. The first-order valence-corrected chi connectivity index (χ1v) is 10.4. The lowest BCUT2D eigenvalue weighted by atomic mass is 10.1. The Bertz CT molecular complexity index is 919. The monoisotopic (exact) mass is 458 g/mol. The minimum atomic E-state index is -5.08. The van der Waals surface area contributed by atoms with Gasteiger partial charge in [0.25, 0.3) is 5.91 Å². The van der Waals surface area contributed by atoms with Crippen LogP contribution in [-0.4, -0.2) is 68.9 Å². The fraction of sp³-hybridized carbons (Fsp3) is 0.571. The molecule has 0 saturated heterocycles. The Morgan fingerprint density at radius 2 is 1.88 bits per heavy atom. The second-order valence-corrected chi connectivity index (χ2v) is 7.67. The van der Waals surface area contributed by atoms with E-state index in [1.54, 1.807) is 0 Å². The lowest BCUT2D eigenvalue weighted by molar-refractivity contribution is -0.192. The number of aryl methyl sites for hydroxylation is 2. The van der Waals surface area contributed by atoms with Crippen molar-refractivity contribution in [3.63, 3.8) is 0 Å². The Labute approximate surface area is 184 Å². The SMILES string of the molecule is CCN(CC)CC1CN(C(=O)c2cc(C)oc2C)Cc2ccnn2C1.O=C(O)C(F)(F)F. The molecule has 2 aromatic rings. The molecule has 32 heavy (non-hydrogen) atoms. The van der Waals surface area contributed by atoms with Crippen molar-refractivity contribution in [1.29, 1.82) is 0 Å². The average Bonchev–Trinajstić information content (AvgIpc) is 3.24. The van der Waals surface area contributed by atoms with E-state index in [2.05, 4.69) is 28.5 Å². The molecule has 3 rings (SSSR count). The molecule has 0 fully saturated rings. The number of halogens is 3. The number of carboxylic acid groups (broad SMARTS) is 1. The summed E-state index contributed by atoms with van der Waals surface area (Å²) in [6.45, 7) is 13.3. The topological polar surface area (TPSA) is 91.8 Å². The van der Waals surface area contributed by atoms with Crippen LogP contribution < -0.4 is 0 Å². The normalized spacial score (nSPS) is 16.2. The summed E-state index contributed by atoms with van der Waals surface area (Å²) in [7, 11) is 0. The summed E-state index contributed by atoms with van der Waals surface area (Å²) in [6, 6.07) is 3.85. The highest BCUT2D eigenvalue weighted by Gasteiger charge is 2.38. The van der Waals surface area contributed by atoms with Crippen LogP contribution in [0.5, 0.6) is 0 Å². The quantitative estimate of drug-likeness (QED) is 0.739. The summed E-state index contributed by atoms with van der Waals surface area (Å²) in [5.41, 5.74) is 1.76. The first-order valence-electron chi connectivity index (χ1n) is 10.4. The van der Waals surface area contributed by atoms with Gasteiger partial charge < -0.3 is 19.3 Å². The van der Waals surface area contributed by atoms with Gasteiger partial charge in [-0.25, -0.2) is 4.79 Å². The summed E-state index contributed by atoms with van der Waals surface area (Å²) in [5, 5.41) is 11.6. The molecule has 0 spiro atoms. The number of hydrogen-bond acceptors (Lipinski definition) is 5. The van der Waals surface area contributed by atoms with Crippen LogP contribution in [0.4, 0.5) is 13.2 Å². The second kappa shape index (κ2) is 10.7. The van der Waals surface area contributed by atoms with Crippen LogP contribution in [0.2, 0.25) is 0 Å². The number of hydrogen-bond donors (Lipinski definition) is 1. The Morgan fingerprint density at radius 1 is 1.25 bits per heavy atom. The molecule has 1 N–H and O–H groups in total. The van der Waals surface area contributed by atoms with Crippen molar-refractivity contribution in [3.8, 4) is 0 Å². The zero-order valence-corrected chi connectivity index (χ0v) is 18.6. The number of carbonyl (C=O) groups is 2. The predicted octanol–water partition coefficient (Wildman–Crippen LogP) is 3.34. The van der Waals surface area contributed by atoms with Gasteiger partial charge >= 0.3 is 12.1 Å². The first kappa shape index (κ1) is 25.4. The smallest absolute Gasteiger partial charge is 0.475 e. The van der Waals surface area contributed by atoms with E-state index in [1.165, 1.54) is 0 Å². The maximum atomic E-state index is 13.1. The Kier molecular flexibility index (Phi) is 8.48. The molecule has 0 saturated carbocycles. The number of aromatic nitrogens is 2. The van der Waals surface area contributed by atoms with Gasteiger partial charge in [-0.05, 0) is 39.1 Å². The van der Waals surface area contributed by atoms with E-state index in [-0.39, 0.29) is 5.91 Å². The van der Waals surface area contributed by atoms with Crippen LogP contribution in [0, 0.1) is 19.8 Å². The molecule has 1 aliphatic heterocycles. The van der Waals surface area contributed by atoms with Crippen LogP contribution in [0.1, 0.15) is 41.4 Å². The molecule has 3 heterocycles. The van der Waals surface area contributed by atoms with Crippen molar-refractivity contribution in [2.24, 2.45) is 5.92 Å². The van der Waals surface area contributed by atoms with Crippen molar-refractivity contribution in [2.45, 2.75) is 47.0 Å². The van der Waals surface area contributed by atoms with Gasteiger partial charge in [-0.3, -0.25) is 9.48 Å². The maximum absolute atomic E-state index is 13.1.